The van der Waals surface area contributed by atoms with Crippen LogP contribution in [0.1, 0.15) is 16.9 Å². The largest absolute Gasteiger partial charge is 0.393 e. The van der Waals surface area contributed by atoms with Crippen LogP contribution in [0.2, 0.25) is 0 Å². The van der Waals surface area contributed by atoms with Gasteiger partial charge in [0.05, 0.1) is 11.4 Å². The molecule has 0 unspecified atom stereocenters. The van der Waals surface area contributed by atoms with Gasteiger partial charge in [-0.05, 0) is 23.4 Å². The van der Waals surface area contributed by atoms with E-state index in [0.29, 0.717) is 6.54 Å². The third kappa shape index (κ3) is 2.35. The van der Waals surface area contributed by atoms with Crippen molar-refractivity contribution in [3.05, 3.63) is 21.9 Å². The number of amides is 1. The molecule has 1 aliphatic rings. The van der Waals surface area contributed by atoms with Crippen LogP contribution < -0.4 is 5.73 Å². The minimum atomic E-state index is 0.0411. The minimum absolute atomic E-state index is 0.0411. The summed E-state index contributed by atoms with van der Waals surface area (Å²) < 4.78 is 0. The van der Waals surface area contributed by atoms with Crippen LogP contribution in [0.15, 0.2) is 11.4 Å². The molecular weight excluding hydrogens is 228 g/mol. The van der Waals surface area contributed by atoms with Gasteiger partial charge in [0.25, 0.3) is 0 Å². The van der Waals surface area contributed by atoms with Crippen LogP contribution in [0.4, 0.5) is 0 Å². The van der Waals surface area contributed by atoms with E-state index in [1.54, 1.807) is 11.3 Å². The fraction of sp³-hybridized carbons (Fsp3) is 0.400. The van der Waals surface area contributed by atoms with Crippen molar-refractivity contribution in [3.63, 3.8) is 0 Å². The van der Waals surface area contributed by atoms with E-state index in [1.165, 1.54) is 10.4 Å². The number of carbonyl (C=O) groups excluding carboxylic acids is 1. The molecule has 1 aromatic heterocycles. The molecule has 0 saturated heterocycles. The average Bonchev–Trinajstić information content (AvgIpc) is 2.62. The van der Waals surface area contributed by atoms with Gasteiger partial charge in [-0.1, -0.05) is 12.2 Å². The lowest BCUT2D eigenvalue weighted by Crippen LogP contribution is -2.37. The van der Waals surface area contributed by atoms with Crippen molar-refractivity contribution in [2.75, 3.05) is 6.54 Å². The van der Waals surface area contributed by atoms with Gasteiger partial charge in [-0.2, -0.15) is 0 Å². The number of nitrogens with zero attached hydrogens (tertiary/aromatic N) is 1. The molecule has 1 aliphatic heterocycles. The number of carbonyl (C=O) groups is 1. The Morgan fingerprint density at radius 2 is 2.47 bits per heavy atom. The molecule has 0 radical (unpaired) electrons. The van der Waals surface area contributed by atoms with E-state index in [4.69, 9.17) is 18.0 Å². The van der Waals surface area contributed by atoms with Crippen molar-refractivity contribution < 1.29 is 4.79 Å². The highest BCUT2D eigenvalue weighted by molar-refractivity contribution is 7.80. The predicted molar refractivity (Wildman–Crippen MR) is 64.8 cm³/mol. The Morgan fingerprint density at radius 3 is 3.20 bits per heavy atom. The zero-order valence-electron chi connectivity index (χ0n) is 8.23. The molecule has 1 amide bonds. The van der Waals surface area contributed by atoms with Crippen LogP contribution in [0, 0.1) is 0 Å². The van der Waals surface area contributed by atoms with Gasteiger partial charge in [-0.3, -0.25) is 4.79 Å². The molecule has 2 rings (SSSR count). The molecule has 0 atom stereocenters. The van der Waals surface area contributed by atoms with Crippen molar-refractivity contribution >= 4 is 34.5 Å². The molecule has 3 nitrogen and oxygen atoms in total. The first-order valence-corrected chi connectivity index (χ1v) is 6.07. The molecule has 0 fully saturated rings. The van der Waals surface area contributed by atoms with E-state index in [-0.39, 0.29) is 17.3 Å². The Labute approximate surface area is 97.9 Å². The number of nitrogens with two attached hydrogens (primary N) is 1. The number of thiophene rings is 1. The highest BCUT2D eigenvalue weighted by atomic mass is 32.1. The molecule has 0 aromatic carbocycles. The van der Waals surface area contributed by atoms with Gasteiger partial charge in [-0.15, -0.1) is 11.3 Å². The summed E-state index contributed by atoms with van der Waals surface area (Å²) in [6.07, 6.45) is 1.14. The standard InChI is InChI=1S/C10H12N2OS2/c11-9(14)5-10(13)12-3-1-8-7(6-12)2-4-15-8/h2,4H,1,3,5-6H2,(H2,11,14). The second-order valence-corrected chi connectivity index (χ2v) is 5.10. The fourth-order valence-corrected chi connectivity index (χ4v) is 2.74. The van der Waals surface area contributed by atoms with Gasteiger partial charge in [0, 0.05) is 18.0 Å². The van der Waals surface area contributed by atoms with Crippen molar-refractivity contribution in [2.24, 2.45) is 5.73 Å². The van der Waals surface area contributed by atoms with Crippen molar-refractivity contribution in [1.82, 2.24) is 4.90 Å². The molecule has 15 heavy (non-hydrogen) atoms. The molecule has 0 aliphatic carbocycles. The summed E-state index contributed by atoms with van der Waals surface area (Å²) >= 11 is 6.50. The van der Waals surface area contributed by atoms with Crippen LogP contribution >= 0.6 is 23.6 Å². The molecule has 0 saturated carbocycles. The average molecular weight is 240 g/mol. The monoisotopic (exact) mass is 240 g/mol. The summed E-state index contributed by atoms with van der Waals surface area (Å²) in [7, 11) is 0. The number of thiocarbonyl (C=S) groups is 1. The Morgan fingerprint density at radius 1 is 1.67 bits per heavy atom. The molecule has 0 bridgehead atoms. The second-order valence-electron chi connectivity index (χ2n) is 3.58. The smallest absolute Gasteiger partial charge is 0.229 e. The summed E-state index contributed by atoms with van der Waals surface area (Å²) in [5.74, 6) is 0.0411. The number of fused-ring (bicyclic) bond motifs is 1. The maximum atomic E-state index is 11.7. The van der Waals surface area contributed by atoms with Gasteiger partial charge >= 0.3 is 0 Å². The minimum Gasteiger partial charge on any atom is -0.393 e. The molecular formula is C10H12N2OS2. The molecule has 5 heteroatoms. The van der Waals surface area contributed by atoms with Gasteiger partial charge in [0.15, 0.2) is 0 Å². The molecule has 80 valence electrons. The van der Waals surface area contributed by atoms with Crippen LogP contribution in [0.3, 0.4) is 0 Å². The maximum absolute atomic E-state index is 11.7. The number of rotatable bonds is 2. The topological polar surface area (TPSA) is 46.3 Å². The van der Waals surface area contributed by atoms with Crippen LogP contribution in [-0.2, 0) is 17.8 Å². The lowest BCUT2D eigenvalue weighted by atomic mass is 10.1. The zero-order valence-corrected chi connectivity index (χ0v) is 9.87. The predicted octanol–water partition coefficient (Wildman–Crippen LogP) is 1.31. The Kier molecular flexibility index (Phi) is 3.02. The fourth-order valence-electron chi connectivity index (χ4n) is 1.72. The van der Waals surface area contributed by atoms with Gasteiger partial charge in [0.1, 0.15) is 0 Å². The van der Waals surface area contributed by atoms with E-state index in [1.807, 2.05) is 4.90 Å². The number of hydrogen-bond acceptors (Lipinski definition) is 3. The SMILES string of the molecule is NC(=S)CC(=O)N1CCc2sccc2C1. The lowest BCUT2D eigenvalue weighted by molar-refractivity contribution is -0.130. The molecule has 2 N–H and O–H groups in total. The summed E-state index contributed by atoms with van der Waals surface area (Å²) in [5, 5.41) is 2.08. The quantitative estimate of drug-likeness (QED) is 0.793. The highest BCUT2D eigenvalue weighted by Crippen LogP contribution is 2.24. The Bertz CT molecular complexity index is 400. The van der Waals surface area contributed by atoms with Crippen LogP contribution in [0.25, 0.3) is 0 Å². The number of hydrogen-bond donors (Lipinski definition) is 1. The Hall–Kier alpha value is -0.940. The third-order valence-electron chi connectivity index (χ3n) is 2.49. The Balaban J connectivity index is 2.03. The van der Waals surface area contributed by atoms with Gasteiger partial charge in [-0.25, -0.2) is 0 Å². The highest BCUT2D eigenvalue weighted by Gasteiger charge is 2.21. The maximum Gasteiger partial charge on any atom is 0.229 e. The van der Waals surface area contributed by atoms with Crippen molar-refractivity contribution in [3.8, 4) is 0 Å². The van der Waals surface area contributed by atoms with E-state index in [0.717, 1.165) is 13.0 Å². The van der Waals surface area contributed by atoms with Crippen molar-refractivity contribution in [2.45, 2.75) is 19.4 Å². The second kappa shape index (κ2) is 4.28. The van der Waals surface area contributed by atoms with Gasteiger partial charge in [0.2, 0.25) is 5.91 Å². The van der Waals surface area contributed by atoms with E-state index < -0.39 is 0 Å². The summed E-state index contributed by atoms with van der Waals surface area (Å²) in [6.45, 7) is 1.50. The normalized spacial score (nSPS) is 14.8. The van der Waals surface area contributed by atoms with Crippen molar-refractivity contribution in [1.29, 1.82) is 0 Å². The molecule has 2 heterocycles. The van der Waals surface area contributed by atoms with Crippen LogP contribution in [-0.4, -0.2) is 22.3 Å². The summed E-state index contributed by atoms with van der Waals surface area (Å²) in [4.78, 5) is 15.2. The molecule has 0 spiro atoms. The van der Waals surface area contributed by atoms with E-state index in [2.05, 4.69) is 11.4 Å². The van der Waals surface area contributed by atoms with E-state index >= 15 is 0 Å². The first kappa shape index (κ1) is 10.6. The summed E-state index contributed by atoms with van der Waals surface area (Å²) in [5.41, 5.74) is 6.63. The van der Waals surface area contributed by atoms with Crippen LogP contribution in [0.5, 0.6) is 0 Å². The zero-order chi connectivity index (χ0) is 10.8. The van der Waals surface area contributed by atoms with Gasteiger partial charge < -0.3 is 10.6 Å². The lowest BCUT2D eigenvalue weighted by Gasteiger charge is -2.26. The first-order valence-electron chi connectivity index (χ1n) is 4.78. The summed E-state index contributed by atoms with van der Waals surface area (Å²) in [6, 6.07) is 2.08. The van der Waals surface area contributed by atoms with E-state index in [9.17, 15) is 4.79 Å². The first-order chi connectivity index (χ1) is 7.16. The third-order valence-corrected chi connectivity index (χ3v) is 3.65. The molecule has 1 aromatic rings.